The van der Waals surface area contributed by atoms with E-state index in [1.165, 1.54) is 0 Å². The maximum Gasteiger partial charge on any atom is 0.349 e. The van der Waals surface area contributed by atoms with E-state index in [-0.39, 0.29) is 6.79 Å². The topological polar surface area (TPSA) is 66.4 Å². The molecule has 0 aliphatic carbocycles. The summed E-state index contributed by atoms with van der Waals surface area (Å²) in [6.45, 7) is 4.84. The minimum absolute atomic E-state index is 0.271. The molecule has 0 fully saturated rings. The van der Waals surface area contributed by atoms with E-state index >= 15 is 0 Å². The quantitative estimate of drug-likeness (QED) is 0.189. The molecule has 0 aliphatic rings. The van der Waals surface area contributed by atoms with Crippen molar-refractivity contribution < 1.29 is 23.8 Å². The highest BCUT2D eigenvalue weighted by atomic mass is 35.5. The summed E-state index contributed by atoms with van der Waals surface area (Å²) in [4.78, 5) is 16.6. The van der Waals surface area contributed by atoms with Gasteiger partial charge in [0.05, 0.1) is 10.7 Å². The van der Waals surface area contributed by atoms with E-state index in [9.17, 15) is 4.79 Å². The molecule has 2 rings (SSSR count). The van der Waals surface area contributed by atoms with E-state index in [1.807, 2.05) is 0 Å². The van der Waals surface area contributed by atoms with Crippen LogP contribution in [0.5, 0.6) is 17.2 Å². The summed E-state index contributed by atoms with van der Waals surface area (Å²) in [6, 6.07) is 11.7. The second-order valence-electron chi connectivity index (χ2n) is 5.66. The van der Waals surface area contributed by atoms with Crippen molar-refractivity contribution in [1.29, 1.82) is 0 Å². The van der Waals surface area contributed by atoms with Gasteiger partial charge in [-0.15, -0.1) is 0 Å². The number of hydrogen-bond acceptors (Lipinski definition) is 6. The molecular weight excluding hydrogens is 393 g/mol. The second kappa shape index (κ2) is 10.0. The molecule has 144 valence electrons. The van der Waals surface area contributed by atoms with Gasteiger partial charge in [-0.3, -0.25) is 0 Å². The van der Waals surface area contributed by atoms with Crippen molar-refractivity contribution >= 4 is 34.9 Å². The first kappa shape index (κ1) is 20.9. The number of esters is 1. The Morgan fingerprint density at radius 2 is 1.74 bits per heavy atom. The summed E-state index contributed by atoms with van der Waals surface area (Å²) >= 11 is 11.9. The fourth-order valence-corrected chi connectivity index (χ4v) is 2.33. The van der Waals surface area contributed by atoms with Crippen LogP contribution in [0.15, 0.2) is 47.6 Å². The van der Waals surface area contributed by atoms with Gasteiger partial charge in [-0.1, -0.05) is 28.4 Å². The van der Waals surface area contributed by atoms with Crippen LogP contribution in [0.2, 0.25) is 10.0 Å². The Bertz CT molecular complexity index is 804. The highest BCUT2D eigenvalue weighted by molar-refractivity contribution is 6.35. The van der Waals surface area contributed by atoms with Crippen LogP contribution in [0, 0.1) is 0 Å². The maximum absolute atomic E-state index is 11.8. The average molecular weight is 412 g/mol. The predicted molar refractivity (Wildman–Crippen MR) is 104 cm³/mol. The van der Waals surface area contributed by atoms with Crippen molar-refractivity contribution in [2.24, 2.45) is 5.16 Å². The second-order valence-corrected chi connectivity index (χ2v) is 6.50. The van der Waals surface area contributed by atoms with Crippen LogP contribution in [-0.4, -0.2) is 24.6 Å². The normalized spacial score (nSPS) is 11.3. The van der Waals surface area contributed by atoms with Crippen molar-refractivity contribution in [3.05, 3.63) is 52.5 Å². The van der Waals surface area contributed by atoms with E-state index < -0.39 is 12.1 Å². The van der Waals surface area contributed by atoms with Gasteiger partial charge in [0.2, 0.25) is 0 Å². The lowest BCUT2D eigenvalue weighted by Gasteiger charge is -2.14. The molecule has 2 aromatic carbocycles. The Labute approximate surface area is 167 Å². The van der Waals surface area contributed by atoms with Crippen LogP contribution < -0.4 is 9.47 Å². The molecule has 8 heteroatoms. The van der Waals surface area contributed by atoms with Crippen LogP contribution in [0.4, 0.5) is 0 Å². The van der Waals surface area contributed by atoms with Gasteiger partial charge in [0.25, 0.3) is 6.79 Å². The van der Waals surface area contributed by atoms with Crippen molar-refractivity contribution in [3.8, 4) is 17.2 Å². The van der Waals surface area contributed by atoms with Crippen LogP contribution in [0.1, 0.15) is 20.8 Å². The summed E-state index contributed by atoms with van der Waals surface area (Å²) in [6.07, 6.45) is -0.808. The number of halogens is 2. The molecule has 0 saturated carbocycles. The molecule has 2 aromatic rings. The molecule has 0 aromatic heterocycles. The number of hydrogen-bond donors (Lipinski definition) is 0. The fourth-order valence-electron chi connectivity index (χ4n) is 1.88. The molecule has 0 N–H and O–H groups in total. The Morgan fingerprint density at radius 3 is 2.37 bits per heavy atom. The van der Waals surface area contributed by atoms with E-state index in [1.54, 1.807) is 63.2 Å². The molecule has 0 radical (unpaired) electrons. The first-order valence-corrected chi connectivity index (χ1v) is 8.80. The summed E-state index contributed by atoms with van der Waals surface area (Å²) in [5, 5.41) is 4.60. The first-order valence-electron chi connectivity index (χ1n) is 8.04. The molecule has 27 heavy (non-hydrogen) atoms. The van der Waals surface area contributed by atoms with Crippen LogP contribution in [0.3, 0.4) is 0 Å². The molecule has 0 heterocycles. The zero-order valence-corrected chi connectivity index (χ0v) is 16.6. The Kier molecular flexibility index (Phi) is 7.76. The van der Waals surface area contributed by atoms with Crippen molar-refractivity contribution in [1.82, 2.24) is 0 Å². The zero-order chi connectivity index (χ0) is 19.8. The SMILES string of the molecule is CC(C)=NOCOC(=O)C(C)Oc1ccc(Oc2ccc(Cl)cc2Cl)cc1. The molecule has 0 bridgehead atoms. The molecular formula is C19H19Cl2NO5. The van der Waals surface area contributed by atoms with Crippen molar-refractivity contribution in [3.63, 3.8) is 0 Å². The lowest BCUT2D eigenvalue weighted by atomic mass is 10.3. The summed E-state index contributed by atoms with van der Waals surface area (Å²) in [5.41, 5.74) is 0.720. The fraction of sp³-hybridized carbons (Fsp3) is 0.263. The average Bonchev–Trinajstić information content (AvgIpc) is 2.62. The molecule has 0 saturated heterocycles. The monoisotopic (exact) mass is 411 g/mol. The van der Waals surface area contributed by atoms with Gasteiger partial charge in [-0.05, 0) is 63.2 Å². The van der Waals surface area contributed by atoms with E-state index in [0.29, 0.717) is 27.3 Å². The number of benzene rings is 2. The lowest BCUT2D eigenvalue weighted by Crippen LogP contribution is -2.26. The van der Waals surface area contributed by atoms with Crippen LogP contribution in [0.25, 0.3) is 0 Å². The third kappa shape index (κ3) is 7.00. The standard InChI is InChI=1S/C19H19Cl2NO5/c1-12(2)22-25-11-24-19(23)13(3)26-15-5-7-16(8-6-15)27-18-9-4-14(20)10-17(18)21/h4-10,13H,11H2,1-3H3. The largest absolute Gasteiger partial charge is 0.479 e. The molecule has 1 unspecified atom stereocenters. The van der Waals surface area contributed by atoms with Gasteiger partial charge in [0.1, 0.15) is 17.2 Å². The van der Waals surface area contributed by atoms with Crippen LogP contribution >= 0.6 is 23.2 Å². The van der Waals surface area contributed by atoms with Gasteiger partial charge >= 0.3 is 5.97 Å². The number of nitrogens with zero attached hydrogens (tertiary/aromatic N) is 1. The Balaban J connectivity index is 1.87. The molecule has 0 aliphatic heterocycles. The summed E-state index contributed by atoms with van der Waals surface area (Å²) < 4.78 is 16.1. The molecule has 0 amide bonds. The van der Waals surface area contributed by atoms with Crippen molar-refractivity contribution in [2.45, 2.75) is 26.9 Å². The van der Waals surface area contributed by atoms with E-state index in [4.69, 9.17) is 42.3 Å². The van der Waals surface area contributed by atoms with Gasteiger partial charge < -0.3 is 19.0 Å². The minimum Gasteiger partial charge on any atom is -0.479 e. The first-order chi connectivity index (χ1) is 12.8. The highest BCUT2D eigenvalue weighted by Crippen LogP contribution is 2.32. The van der Waals surface area contributed by atoms with Gasteiger partial charge in [-0.2, -0.15) is 0 Å². The number of oxime groups is 1. The van der Waals surface area contributed by atoms with E-state index in [0.717, 1.165) is 5.71 Å². The smallest absolute Gasteiger partial charge is 0.349 e. The molecule has 1 atom stereocenters. The molecule has 0 spiro atoms. The minimum atomic E-state index is -0.808. The number of rotatable bonds is 8. The zero-order valence-electron chi connectivity index (χ0n) is 15.1. The van der Waals surface area contributed by atoms with Gasteiger partial charge in [-0.25, -0.2) is 4.79 Å². The summed E-state index contributed by atoms with van der Waals surface area (Å²) in [5.74, 6) is 0.962. The van der Waals surface area contributed by atoms with Crippen molar-refractivity contribution in [2.75, 3.05) is 6.79 Å². The third-order valence-electron chi connectivity index (χ3n) is 3.09. The third-order valence-corrected chi connectivity index (χ3v) is 3.62. The number of carbonyl (C=O) groups is 1. The van der Waals surface area contributed by atoms with Gasteiger partial charge in [0, 0.05) is 5.02 Å². The lowest BCUT2D eigenvalue weighted by molar-refractivity contribution is -0.163. The van der Waals surface area contributed by atoms with E-state index in [2.05, 4.69) is 5.16 Å². The Hall–Kier alpha value is -2.44. The summed E-state index contributed by atoms with van der Waals surface area (Å²) in [7, 11) is 0. The van der Waals surface area contributed by atoms with Crippen LogP contribution in [-0.2, 0) is 14.4 Å². The highest BCUT2D eigenvalue weighted by Gasteiger charge is 2.16. The molecule has 6 nitrogen and oxygen atoms in total. The Morgan fingerprint density at radius 1 is 1.07 bits per heavy atom. The number of carbonyl (C=O) groups excluding carboxylic acids is 1. The maximum atomic E-state index is 11.8. The number of ether oxygens (including phenoxy) is 3. The predicted octanol–water partition coefficient (Wildman–Crippen LogP) is 5.47. The van der Waals surface area contributed by atoms with Gasteiger partial charge in [0.15, 0.2) is 6.10 Å².